The molecule has 0 bridgehead atoms. The van der Waals surface area contributed by atoms with E-state index >= 15 is 0 Å². The van der Waals surface area contributed by atoms with Crippen LogP contribution < -0.4 is 5.32 Å². The molecule has 1 aromatic heterocycles. The highest BCUT2D eigenvalue weighted by atomic mass is 16.5. The molecule has 5 heteroatoms. The van der Waals surface area contributed by atoms with E-state index in [0.717, 1.165) is 63.3 Å². The first-order valence-electron chi connectivity index (χ1n) is 9.91. The van der Waals surface area contributed by atoms with Crippen LogP contribution in [0.2, 0.25) is 0 Å². The normalized spacial score (nSPS) is 22.3. The lowest BCUT2D eigenvalue weighted by Crippen LogP contribution is -2.42. The molecule has 25 heavy (non-hydrogen) atoms. The smallest absolute Gasteiger partial charge is 0.193 e. The van der Waals surface area contributed by atoms with Gasteiger partial charge in [0.25, 0.3) is 0 Å². The Morgan fingerprint density at radius 3 is 2.84 bits per heavy atom. The fourth-order valence-electron chi connectivity index (χ4n) is 3.85. The first-order chi connectivity index (χ1) is 12.3. The second-order valence-electron chi connectivity index (χ2n) is 7.53. The quantitative estimate of drug-likeness (QED) is 0.607. The van der Waals surface area contributed by atoms with E-state index < -0.39 is 0 Å². The molecule has 2 fully saturated rings. The van der Waals surface area contributed by atoms with Crippen LogP contribution in [0.1, 0.15) is 44.3 Å². The first kappa shape index (κ1) is 18.3. The predicted molar refractivity (Wildman–Crippen MR) is 101 cm³/mol. The molecule has 2 aliphatic rings. The molecule has 1 atom stereocenters. The highest BCUT2D eigenvalue weighted by Crippen LogP contribution is 2.23. The molecule has 0 aromatic carbocycles. The Morgan fingerprint density at radius 1 is 1.24 bits per heavy atom. The van der Waals surface area contributed by atoms with Crippen molar-refractivity contribution in [2.24, 2.45) is 16.8 Å². The average molecular weight is 348 g/mol. The van der Waals surface area contributed by atoms with Crippen molar-refractivity contribution in [1.29, 1.82) is 0 Å². The van der Waals surface area contributed by atoms with Gasteiger partial charge in [-0.1, -0.05) is 19.3 Å². The van der Waals surface area contributed by atoms with Crippen molar-refractivity contribution in [2.75, 3.05) is 39.9 Å². The largest absolute Gasteiger partial charge is 0.469 e. The van der Waals surface area contributed by atoms with Crippen LogP contribution in [0.4, 0.5) is 0 Å². The van der Waals surface area contributed by atoms with Gasteiger partial charge in [0.15, 0.2) is 5.96 Å². The number of guanidine groups is 1. The van der Waals surface area contributed by atoms with Crippen molar-refractivity contribution in [1.82, 2.24) is 10.2 Å². The predicted octanol–water partition coefficient (Wildman–Crippen LogP) is 3.32. The monoisotopic (exact) mass is 347 g/mol. The third kappa shape index (κ3) is 6.07. The van der Waals surface area contributed by atoms with E-state index in [0.29, 0.717) is 5.92 Å². The summed E-state index contributed by atoms with van der Waals surface area (Å²) >= 11 is 0. The maximum atomic E-state index is 5.52. The molecule has 3 rings (SSSR count). The maximum absolute atomic E-state index is 5.52. The number of rotatable bonds is 7. The van der Waals surface area contributed by atoms with Crippen molar-refractivity contribution in [3.63, 3.8) is 0 Å². The van der Waals surface area contributed by atoms with Crippen LogP contribution in [-0.2, 0) is 11.2 Å². The summed E-state index contributed by atoms with van der Waals surface area (Å²) in [5, 5.41) is 3.55. The van der Waals surface area contributed by atoms with Crippen LogP contribution in [0.15, 0.2) is 27.8 Å². The minimum atomic E-state index is 0.622. The van der Waals surface area contributed by atoms with Gasteiger partial charge in [-0.25, -0.2) is 0 Å². The molecule has 1 saturated heterocycles. The van der Waals surface area contributed by atoms with Gasteiger partial charge in [0, 0.05) is 45.6 Å². The molecule has 0 spiro atoms. The molecule has 1 unspecified atom stereocenters. The average Bonchev–Trinajstić information content (AvgIpc) is 3.32. The number of hydrogen-bond donors (Lipinski definition) is 1. The van der Waals surface area contributed by atoms with Gasteiger partial charge in [0.05, 0.1) is 12.9 Å². The third-order valence-corrected chi connectivity index (χ3v) is 5.38. The molecule has 1 N–H and O–H groups in total. The Labute approximate surface area is 151 Å². The van der Waals surface area contributed by atoms with E-state index in [-0.39, 0.29) is 0 Å². The third-order valence-electron chi connectivity index (χ3n) is 5.38. The van der Waals surface area contributed by atoms with Gasteiger partial charge in [0.2, 0.25) is 0 Å². The second-order valence-corrected chi connectivity index (χ2v) is 7.53. The van der Waals surface area contributed by atoms with E-state index in [1.807, 2.05) is 12.1 Å². The molecule has 5 nitrogen and oxygen atoms in total. The SMILES string of the molecule is CN(CC1CCOC1)C(=NCC1CCCCC1)NCCc1ccco1. The molecular weight excluding hydrogens is 314 g/mol. The second kappa shape index (κ2) is 9.85. The maximum Gasteiger partial charge on any atom is 0.193 e. The Morgan fingerprint density at radius 2 is 2.12 bits per heavy atom. The summed E-state index contributed by atoms with van der Waals surface area (Å²) in [6, 6.07) is 3.97. The van der Waals surface area contributed by atoms with Gasteiger partial charge < -0.3 is 19.4 Å². The van der Waals surface area contributed by atoms with Crippen LogP contribution in [0.25, 0.3) is 0 Å². The van der Waals surface area contributed by atoms with Crippen molar-refractivity contribution >= 4 is 5.96 Å². The van der Waals surface area contributed by atoms with Crippen molar-refractivity contribution in [2.45, 2.75) is 44.9 Å². The number of nitrogens with zero attached hydrogens (tertiary/aromatic N) is 2. The topological polar surface area (TPSA) is 50.0 Å². The van der Waals surface area contributed by atoms with E-state index in [9.17, 15) is 0 Å². The van der Waals surface area contributed by atoms with Crippen molar-refractivity contribution < 1.29 is 9.15 Å². The summed E-state index contributed by atoms with van der Waals surface area (Å²) < 4.78 is 11.0. The number of furan rings is 1. The summed E-state index contributed by atoms with van der Waals surface area (Å²) in [5.41, 5.74) is 0. The summed E-state index contributed by atoms with van der Waals surface area (Å²) in [7, 11) is 2.15. The molecular formula is C20H33N3O2. The van der Waals surface area contributed by atoms with E-state index in [1.165, 1.54) is 32.1 Å². The summed E-state index contributed by atoms with van der Waals surface area (Å²) in [6.07, 6.45) is 10.6. The molecule has 1 saturated carbocycles. The summed E-state index contributed by atoms with van der Waals surface area (Å²) in [6.45, 7) is 4.60. The lowest BCUT2D eigenvalue weighted by atomic mass is 9.89. The Hall–Kier alpha value is -1.49. The number of nitrogens with one attached hydrogen (secondary N) is 1. The van der Waals surface area contributed by atoms with Crippen molar-refractivity contribution in [3.05, 3.63) is 24.2 Å². The minimum Gasteiger partial charge on any atom is -0.469 e. The zero-order chi connectivity index (χ0) is 17.3. The Balaban J connectivity index is 1.52. The van der Waals surface area contributed by atoms with Crippen LogP contribution in [0.3, 0.4) is 0 Å². The molecule has 0 radical (unpaired) electrons. The van der Waals surface area contributed by atoms with Gasteiger partial charge in [0.1, 0.15) is 5.76 Å². The molecule has 1 aromatic rings. The van der Waals surface area contributed by atoms with Gasteiger partial charge >= 0.3 is 0 Å². The fraction of sp³-hybridized carbons (Fsp3) is 0.750. The van der Waals surface area contributed by atoms with Crippen LogP contribution in [0.5, 0.6) is 0 Å². The molecule has 2 heterocycles. The van der Waals surface area contributed by atoms with Crippen LogP contribution in [0, 0.1) is 11.8 Å². The van der Waals surface area contributed by atoms with E-state index in [4.69, 9.17) is 14.1 Å². The molecule has 0 amide bonds. The molecule has 1 aliphatic carbocycles. The number of aliphatic imine (C=N–C) groups is 1. The van der Waals surface area contributed by atoms with Crippen molar-refractivity contribution in [3.8, 4) is 0 Å². The zero-order valence-electron chi connectivity index (χ0n) is 15.6. The lowest BCUT2D eigenvalue weighted by molar-refractivity contribution is 0.181. The van der Waals surface area contributed by atoms with Gasteiger partial charge in [-0.2, -0.15) is 0 Å². The highest BCUT2D eigenvalue weighted by Gasteiger charge is 2.20. The van der Waals surface area contributed by atoms with Crippen LogP contribution in [-0.4, -0.2) is 50.8 Å². The van der Waals surface area contributed by atoms with E-state index in [2.05, 4.69) is 17.3 Å². The van der Waals surface area contributed by atoms with Gasteiger partial charge in [-0.3, -0.25) is 4.99 Å². The number of hydrogen-bond acceptors (Lipinski definition) is 3. The zero-order valence-corrected chi connectivity index (χ0v) is 15.6. The van der Waals surface area contributed by atoms with Crippen LogP contribution >= 0.6 is 0 Å². The fourth-order valence-corrected chi connectivity index (χ4v) is 3.85. The summed E-state index contributed by atoms with van der Waals surface area (Å²) in [5.74, 6) is 3.44. The molecule has 140 valence electrons. The lowest BCUT2D eigenvalue weighted by Gasteiger charge is -2.26. The highest BCUT2D eigenvalue weighted by molar-refractivity contribution is 5.79. The number of ether oxygens (including phenoxy) is 1. The van der Waals surface area contributed by atoms with Gasteiger partial charge in [-0.05, 0) is 37.3 Å². The minimum absolute atomic E-state index is 0.622. The molecule has 1 aliphatic heterocycles. The van der Waals surface area contributed by atoms with Gasteiger partial charge in [-0.15, -0.1) is 0 Å². The van der Waals surface area contributed by atoms with E-state index in [1.54, 1.807) is 6.26 Å². The summed E-state index contributed by atoms with van der Waals surface area (Å²) in [4.78, 5) is 7.25. The first-order valence-corrected chi connectivity index (χ1v) is 9.91. The Kier molecular flexibility index (Phi) is 7.22. The standard InChI is InChI=1S/C20H33N3O2/c1-23(15-18-10-13-24-16-18)20(21-11-9-19-8-5-12-25-19)22-14-17-6-3-2-4-7-17/h5,8,12,17-18H,2-4,6-7,9-11,13-16H2,1H3,(H,21,22). The Bertz CT molecular complexity index is 503.